The van der Waals surface area contributed by atoms with E-state index in [9.17, 15) is 19.5 Å². The molecule has 0 radical (unpaired) electrons. The lowest BCUT2D eigenvalue weighted by molar-refractivity contribution is -0.385. The molecule has 30 heavy (non-hydrogen) atoms. The molecule has 2 aromatic rings. The number of hydrogen-bond acceptors (Lipinski definition) is 6. The van der Waals surface area contributed by atoms with E-state index in [-0.39, 0.29) is 17.8 Å². The van der Waals surface area contributed by atoms with Crippen LogP contribution in [0.3, 0.4) is 0 Å². The van der Waals surface area contributed by atoms with Crippen molar-refractivity contribution in [2.24, 2.45) is 0 Å². The summed E-state index contributed by atoms with van der Waals surface area (Å²) < 4.78 is 29.3. The Labute approximate surface area is 173 Å². The first-order chi connectivity index (χ1) is 14.3. The van der Waals surface area contributed by atoms with Gasteiger partial charge in [0.25, 0.3) is 11.2 Å². The number of hydrogen-bond donors (Lipinski definition) is 0. The first-order valence-electron chi connectivity index (χ1n) is 9.63. The Morgan fingerprint density at radius 2 is 1.83 bits per heavy atom. The van der Waals surface area contributed by atoms with Crippen LogP contribution in [0.1, 0.15) is 24.2 Å². The highest BCUT2D eigenvalue weighted by Crippen LogP contribution is 2.63. The molecule has 0 unspecified atom stereocenters. The van der Waals surface area contributed by atoms with Gasteiger partial charge in [-0.05, 0) is 30.7 Å². The summed E-state index contributed by atoms with van der Waals surface area (Å²) in [5.74, 6) is 0.419. The molecule has 4 rings (SSSR count). The molecule has 0 N–H and O–H groups in total. The Hall–Kier alpha value is -2.52. The fraction of sp³-hybridized carbons (Fsp3) is 0.421. The molecular weight excluding hydrogens is 411 g/mol. The summed E-state index contributed by atoms with van der Waals surface area (Å²) >= 11 is 0. The third-order valence-electron chi connectivity index (χ3n) is 5.17. The van der Waals surface area contributed by atoms with Gasteiger partial charge in [0.15, 0.2) is 0 Å². The maximum atomic E-state index is 13.2. The Kier molecular flexibility index (Phi) is 5.50. The molecule has 2 aliphatic heterocycles. The van der Waals surface area contributed by atoms with Crippen LogP contribution < -0.4 is 10.3 Å². The third-order valence-corrected chi connectivity index (χ3v) is 7.99. The Morgan fingerprint density at radius 1 is 1.17 bits per heavy atom. The summed E-state index contributed by atoms with van der Waals surface area (Å²) in [5, 5.41) is 11.5. The lowest BCUT2D eigenvalue weighted by atomic mass is 10.0. The van der Waals surface area contributed by atoms with Crippen molar-refractivity contribution in [1.29, 1.82) is 0 Å². The summed E-state index contributed by atoms with van der Waals surface area (Å²) in [6.45, 7) is 4.78. The van der Waals surface area contributed by atoms with Crippen LogP contribution in [0.2, 0.25) is 0 Å². The van der Waals surface area contributed by atoms with Gasteiger partial charge in [-0.1, -0.05) is 0 Å². The van der Waals surface area contributed by atoms with Gasteiger partial charge in [-0.25, -0.2) is 9.34 Å². The largest absolute Gasteiger partial charge is 0.497 e. The van der Waals surface area contributed by atoms with Gasteiger partial charge >= 0.3 is 7.67 Å². The number of ether oxygens (including phenoxy) is 1. The summed E-state index contributed by atoms with van der Waals surface area (Å²) in [6, 6.07) is 7.60. The molecule has 11 heteroatoms. The van der Waals surface area contributed by atoms with Gasteiger partial charge < -0.3 is 9.30 Å². The summed E-state index contributed by atoms with van der Waals surface area (Å²) in [6.07, 6.45) is 1.01. The third kappa shape index (κ3) is 4.17. The minimum atomic E-state index is -3.03. The van der Waals surface area contributed by atoms with Crippen molar-refractivity contribution in [3.05, 3.63) is 68.1 Å². The van der Waals surface area contributed by atoms with E-state index in [1.807, 2.05) is 9.34 Å². The molecule has 10 nitrogen and oxygen atoms in total. The van der Waals surface area contributed by atoms with Gasteiger partial charge in [0, 0.05) is 50.1 Å². The molecule has 0 aliphatic carbocycles. The fourth-order valence-electron chi connectivity index (χ4n) is 3.27. The average Bonchev–Trinajstić information content (AvgIpc) is 3.60. The van der Waals surface area contributed by atoms with Gasteiger partial charge in [-0.2, -0.15) is 0 Å². The van der Waals surface area contributed by atoms with E-state index >= 15 is 0 Å². The number of methoxy groups -OCH3 is 1. The maximum Gasteiger partial charge on any atom is 0.346 e. The van der Waals surface area contributed by atoms with Crippen molar-refractivity contribution in [2.45, 2.75) is 19.6 Å². The predicted molar refractivity (Wildman–Crippen MR) is 110 cm³/mol. The van der Waals surface area contributed by atoms with E-state index in [0.717, 1.165) is 26.2 Å². The number of aromatic nitrogens is 1. The lowest BCUT2D eigenvalue weighted by Crippen LogP contribution is -2.20. The van der Waals surface area contributed by atoms with Crippen LogP contribution in [0.25, 0.3) is 0 Å². The van der Waals surface area contributed by atoms with Crippen molar-refractivity contribution < 1.29 is 18.7 Å². The smallest absolute Gasteiger partial charge is 0.346 e. The van der Waals surface area contributed by atoms with Crippen LogP contribution in [0.4, 0.5) is 5.69 Å². The first kappa shape index (κ1) is 20.7. The molecule has 3 heterocycles. The Morgan fingerprint density at radius 3 is 2.37 bits per heavy atom. The van der Waals surface area contributed by atoms with Crippen molar-refractivity contribution in [1.82, 2.24) is 13.9 Å². The van der Waals surface area contributed by atoms with Crippen LogP contribution in [-0.2, 0) is 15.6 Å². The molecule has 1 aromatic heterocycles. The fourth-order valence-corrected chi connectivity index (χ4v) is 5.62. The molecule has 2 saturated heterocycles. The van der Waals surface area contributed by atoms with Gasteiger partial charge in [0.2, 0.25) is 0 Å². The van der Waals surface area contributed by atoms with Crippen LogP contribution in [-0.4, -0.2) is 52.1 Å². The van der Waals surface area contributed by atoms with Gasteiger partial charge in [0.05, 0.1) is 24.7 Å². The SMILES string of the molecule is COc1ccn(Cc2cc([C@H](C)OP(=O)(N3CC3)N3CC3)ccc2[N+](=O)[O-])c(=O)c1. The minimum absolute atomic E-state index is 0.0234. The topological polar surface area (TPSA) is 107 Å². The molecule has 160 valence electrons. The summed E-state index contributed by atoms with van der Waals surface area (Å²) in [4.78, 5) is 23.3. The van der Waals surface area contributed by atoms with Crippen LogP contribution in [0, 0.1) is 10.1 Å². The number of nitrogens with zero attached hydrogens (tertiary/aromatic N) is 4. The van der Waals surface area contributed by atoms with Crippen molar-refractivity contribution in [3.63, 3.8) is 0 Å². The molecule has 2 aliphatic rings. The van der Waals surface area contributed by atoms with Gasteiger partial charge in [0.1, 0.15) is 5.75 Å². The van der Waals surface area contributed by atoms with E-state index in [0.29, 0.717) is 16.9 Å². The zero-order valence-electron chi connectivity index (χ0n) is 16.8. The van der Waals surface area contributed by atoms with Crippen molar-refractivity contribution >= 4 is 13.4 Å². The van der Waals surface area contributed by atoms with Gasteiger partial charge in [-0.3, -0.25) is 24.0 Å². The van der Waals surface area contributed by atoms with E-state index in [1.165, 1.54) is 30.0 Å². The van der Waals surface area contributed by atoms with E-state index in [2.05, 4.69) is 0 Å². The normalized spacial score (nSPS) is 17.5. The maximum absolute atomic E-state index is 13.2. The molecule has 1 aromatic carbocycles. The van der Waals surface area contributed by atoms with Crippen LogP contribution >= 0.6 is 7.67 Å². The zero-order valence-corrected chi connectivity index (χ0v) is 17.7. The first-order valence-corrected chi connectivity index (χ1v) is 11.2. The summed E-state index contributed by atoms with van der Waals surface area (Å²) in [5.41, 5.74) is 0.620. The molecular formula is C19H23N4O6P. The highest BCUT2D eigenvalue weighted by atomic mass is 31.2. The number of nitro groups is 1. The average molecular weight is 434 g/mol. The van der Waals surface area contributed by atoms with Crippen LogP contribution in [0.15, 0.2) is 41.3 Å². The zero-order chi connectivity index (χ0) is 21.5. The lowest BCUT2D eigenvalue weighted by Gasteiger charge is -2.24. The monoisotopic (exact) mass is 434 g/mol. The van der Waals surface area contributed by atoms with E-state index < -0.39 is 18.7 Å². The Balaban J connectivity index is 1.62. The quantitative estimate of drug-likeness (QED) is 0.257. The second-order valence-corrected chi connectivity index (χ2v) is 9.65. The molecule has 1 atom stereocenters. The van der Waals surface area contributed by atoms with E-state index in [4.69, 9.17) is 9.26 Å². The van der Waals surface area contributed by atoms with Crippen LogP contribution in [0.5, 0.6) is 5.75 Å². The minimum Gasteiger partial charge on any atom is -0.497 e. The highest BCUT2D eigenvalue weighted by Gasteiger charge is 2.50. The second-order valence-electron chi connectivity index (χ2n) is 7.32. The molecule has 2 fully saturated rings. The van der Waals surface area contributed by atoms with Crippen molar-refractivity contribution in [3.8, 4) is 5.75 Å². The molecule has 0 saturated carbocycles. The van der Waals surface area contributed by atoms with Crippen molar-refractivity contribution in [2.75, 3.05) is 33.3 Å². The number of nitro benzene ring substituents is 1. The molecule has 0 amide bonds. The standard InChI is InChI=1S/C19H23N4O6P/c1-14(29-30(27,21-7-8-21)22-9-10-22)15-3-4-18(23(25)26)16(11-15)13-20-6-5-17(28-2)12-19(20)24/h3-6,11-12,14H,7-10,13H2,1-2H3/t14-/m0/s1. The summed E-state index contributed by atoms with van der Waals surface area (Å²) in [7, 11) is -1.57. The van der Waals surface area contributed by atoms with Gasteiger partial charge in [-0.15, -0.1) is 0 Å². The van der Waals surface area contributed by atoms with E-state index in [1.54, 1.807) is 25.1 Å². The number of pyridine rings is 1. The molecule has 0 spiro atoms. The highest BCUT2D eigenvalue weighted by molar-refractivity contribution is 7.54. The Bertz CT molecular complexity index is 1060. The number of rotatable bonds is 9. The molecule has 0 bridgehead atoms. The second kappa shape index (κ2) is 7.96. The predicted octanol–water partition coefficient (Wildman–Crippen LogP) is 2.63. The number of benzene rings is 1.